The third-order valence-electron chi connectivity index (χ3n) is 6.20. The third-order valence-corrected chi connectivity index (χ3v) is 6.20. The van der Waals surface area contributed by atoms with E-state index >= 15 is 0 Å². The molecule has 1 aromatic carbocycles. The molecule has 0 aliphatic carbocycles. The number of aromatic amines is 2. The van der Waals surface area contributed by atoms with Gasteiger partial charge in [-0.1, -0.05) is 6.92 Å². The first-order chi connectivity index (χ1) is 18.0. The van der Waals surface area contributed by atoms with Crippen LogP contribution in [-0.2, 0) is 4.79 Å². The number of fused-ring (bicyclic) bond motifs is 2. The molecule has 0 saturated carbocycles. The van der Waals surface area contributed by atoms with Crippen LogP contribution in [0.25, 0.3) is 55.7 Å². The van der Waals surface area contributed by atoms with E-state index in [1.165, 1.54) is 12.1 Å². The molecule has 0 fully saturated rings. The number of rotatable bonds is 5. The van der Waals surface area contributed by atoms with Crippen molar-refractivity contribution < 1.29 is 9.18 Å². The summed E-state index contributed by atoms with van der Waals surface area (Å²) in [5, 5.41) is 12.2. The van der Waals surface area contributed by atoms with Crippen LogP contribution in [0.2, 0.25) is 0 Å². The van der Waals surface area contributed by atoms with Gasteiger partial charge in [0.25, 0.3) is 0 Å². The molecule has 1 amide bonds. The van der Waals surface area contributed by atoms with E-state index < -0.39 is 0 Å². The molecule has 6 rings (SSSR count). The Balaban J connectivity index is 1.43. The van der Waals surface area contributed by atoms with Crippen LogP contribution in [0.15, 0.2) is 67.3 Å². The van der Waals surface area contributed by atoms with E-state index in [2.05, 4.69) is 35.5 Å². The number of benzene rings is 1. The highest BCUT2D eigenvalue weighted by Gasteiger charge is 2.16. The minimum atomic E-state index is -0.296. The van der Waals surface area contributed by atoms with E-state index in [4.69, 9.17) is 0 Å². The lowest BCUT2D eigenvalue weighted by Crippen LogP contribution is -2.09. The van der Waals surface area contributed by atoms with Crippen molar-refractivity contribution in [3.8, 4) is 33.9 Å². The molecular formula is C28H22FN7O. The van der Waals surface area contributed by atoms with E-state index in [-0.39, 0.29) is 11.7 Å². The van der Waals surface area contributed by atoms with E-state index in [1.807, 2.05) is 37.3 Å². The lowest BCUT2D eigenvalue weighted by molar-refractivity contribution is -0.115. The fourth-order valence-electron chi connectivity index (χ4n) is 4.46. The standard InChI is InChI=1S/C28H22FN7O/c1-3-26(37)33-19-9-17(12-30-13-19)23-10-21-25(14-32-23)35-36-28(21)24-11-20-22(34-24)4-5-31-27(20)16-6-15(2)7-18(29)8-16/h4-14,34H,3H2,1-2H3,(H,33,37)(H,35,36). The van der Waals surface area contributed by atoms with Crippen LogP contribution in [0.3, 0.4) is 0 Å². The molecule has 0 aliphatic heterocycles. The molecule has 0 aliphatic rings. The number of pyridine rings is 3. The second-order valence-electron chi connectivity index (χ2n) is 8.87. The Kier molecular flexibility index (Phi) is 5.45. The predicted octanol–water partition coefficient (Wildman–Crippen LogP) is 6.03. The molecular weight excluding hydrogens is 469 g/mol. The van der Waals surface area contributed by atoms with E-state index in [0.29, 0.717) is 23.5 Å². The summed E-state index contributed by atoms with van der Waals surface area (Å²) in [6.45, 7) is 3.66. The summed E-state index contributed by atoms with van der Waals surface area (Å²) >= 11 is 0. The van der Waals surface area contributed by atoms with Crippen LogP contribution in [0, 0.1) is 12.7 Å². The highest BCUT2D eigenvalue weighted by atomic mass is 19.1. The van der Waals surface area contributed by atoms with Crippen LogP contribution < -0.4 is 5.32 Å². The molecule has 5 heterocycles. The van der Waals surface area contributed by atoms with Gasteiger partial charge in [0, 0.05) is 46.2 Å². The van der Waals surface area contributed by atoms with Crippen LogP contribution in [0.4, 0.5) is 10.1 Å². The molecule has 182 valence electrons. The van der Waals surface area contributed by atoms with Gasteiger partial charge in [-0.2, -0.15) is 5.10 Å². The second-order valence-corrected chi connectivity index (χ2v) is 8.87. The summed E-state index contributed by atoms with van der Waals surface area (Å²) in [4.78, 5) is 28.6. The van der Waals surface area contributed by atoms with Crippen LogP contribution >= 0.6 is 0 Å². The number of hydrogen-bond acceptors (Lipinski definition) is 5. The van der Waals surface area contributed by atoms with Gasteiger partial charge in [-0.05, 0) is 55.0 Å². The zero-order chi connectivity index (χ0) is 25.5. The Hall–Kier alpha value is -4.92. The van der Waals surface area contributed by atoms with Crippen molar-refractivity contribution in [2.24, 2.45) is 0 Å². The Morgan fingerprint density at radius 2 is 1.81 bits per heavy atom. The Bertz CT molecular complexity index is 1780. The Morgan fingerprint density at radius 1 is 0.946 bits per heavy atom. The van der Waals surface area contributed by atoms with Crippen LogP contribution in [0.5, 0.6) is 0 Å². The van der Waals surface area contributed by atoms with Gasteiger partial charge >= 0.3 is 0 Å². The Labute approximate surface area is 211 Å². The number of H-pyrrole nitrogens is 2. The van der Waals surface area contributed by atoms with Crippen molar-refractivity contribution in [3.63, 3.8) is 0 Å². The lowest BCUT2D eigenvalue weighted by atomic mass is 10.0. The summed E-state index contributed by atoms with van der Waals surface area (Å²) in [7, 11) is 0. The normalized spacial score (nSPS) is 11.3. The SMILES string of the molecule is CCC(=O)Nc1cncc(-c2cc3c(-c4cc5c(-c6cc(C)cc(F)c6)nccc5[nH]4)n[nH]c3cn2)c1. The third kappa shape index (κ3) is 4.20. The summed E-state index contributed by atoms with van der Waals surface area (Å²) < 4.78 is 14.1. The van der Waals surface area contributed by atoms with Gasteiger partial charge in [-0.25, -0.2) is 4.39 Å². The highest BCUT2D eigenvalue weighted by Crippen LogP contribution is 2.34. The first-order valence-corrected chi connectivity index (χ1v) is 11.8. The number of nitrogens with zero attached hydrogens (tertiary/aromatic N) is 4. The summed E-state index contributed by atoms with van der Waals surface area (Å²) in [6.07, 6.45) is 7.13. The number of aromatic nitrogens is 6. The molecule has 0 spiro atoms. The van der Waals surface area contributed by atoms with Crippen LogP contribution in [-0.4, -0.2) is 36.0 Å². The van der Waals surface area contributed by atoms with Gasteiger partial charge in [0.1, 0.15) is 11.5 Å². The van der Waals surface area contributed by atoms with Crippen molar-refractivity contribution >= 4 is 33.4 Å². The number of halogens is 1. The number of amides is 1. The molecule has 3 N–H and O–H groups in total. The minimum Gasteiger partial charge on any atom is -0.353 e. The zero-order valence-corrected chi connectivity index (χ0v) is 20.1. The van der Waals surface area contributed by atoms with E-state index in [0.717, 1.165) is 49.9 Å². The number of carbonyl (C=O) groups excluding carboxylic acids is 1. The number of aryl methyl sites for hydroxylation is 1. The summed E-state index contributed by atoms with van der Waals surface area (Å²) in [5.41, 5.74) is 7.49. The molecule has 0 atom stereocenters. The average Bonchev–Trinajstić information content (AvgIpc) is 3.51. The maximum Gasteiger partial charge on any atom is 0.224 e. The van der Waals surface area contributed by atoms with Gasteiger partial charge in [0.05, 0.1) is 40.7 Å². The molecule has 0 unspecified atom stereocenters. The maximum atomic E-state index is 14.1. The molecule has 0 radical (unpaired) electrons. The molecule has 0 bridgehead atoms. The van der Waals surface area contributed by atoms with Gasteiger partial charge in [-0.15, -0.1) is 0 Å². The van der Waals surface area contributed by atoms with Gasteiger partial charge in [-0.3, -0.25) is 24.8 Å². The average molecular weight is 492 g/mol. The first-order valence-electron chi connectivity index (χ1n) is 11.8. The Morgan fingerprint density at radius 3 is 2.65 bits per heavy atom. The monoisotopic (exact) mass is 491 g/mol. The van der Waals surface area contributed by atoms with Gasteiger partial charge in [0.15, 0.2) is 0 Å². The van der Waals surface area contributed by atoms with Crippen molar-refractivity contribution in [1.82, 2.24) is 30.1 Å². The molecule has 8 nitrogen and oxygen atoms in total. The second kappa shape index (κ2) is 8.94. The zero-order valence-electron chi connectivity index (χ0n) is 20.1. The van der Waals surface area contributed by atoms with Crippen molar-refractivity contribution in [2.45, 2.75) is 20.3 Å². The fourth-order valence-corrected chi connectivity index (χ4v) is 4.46. The molecule has 5 aromatic heterocycles. The highest BCUT2D eigenvalue weighted by molar-refractivity contribution is 6.00. The number of nitrogens with one attached hydrogen (secondary N) is 3. The number of anilines is 1. The quantitative estimate of drug-likeness (QED) is 0.273. The molecule has 37 heavy (non-hydrogen) atoms. The van der Waals surface area contributed by atoms with Gasteiger partial charge in [0.2, 0.25) is 5.91 Å². The van der Waals surface area contributed by atoms with Crippen molar-refractivity contribution in [3.05, 3.63) is 78.6 Å². The van der Waals surface area contributed by atoms with Gasteiger partial charge < -0.3 is 10.3 Å². The topological polar surface area (TPSA) is 112 Å². The van der Waals surface area contributed by atoms with Crippen LogP contribution in [0.1, 0.15) is 18.9 Å². The fraction of sp³-hybridized carbons (Fsp3) is 0.107. The minimum absolute atomic E-state index is 0.0828. The largest absolute Gasteiger partial charge is 0.353 e. The number of carbonyl (C=O) groups is 1. The summed E-state index contributed by atoms with van der Waals surface area (Å²) in [6, 6.07) is 12.6. The van der Waals surface area contributed by atoms with Crippen molar-refractivity contribution in [1.29, 1.82) is 0 Å². The number of hydrogen-bond donors (Lipinski definition) is 3. The van der Waals surface area contributed by atoms with Crippen molar-refractivity contribution in [2.75, 3.05) is 5.32 Å². The lowest BCUT2D eigenvalue weighted by Gasteiger charge is -2.06. The molecule has 9 heteroatoms. The van der Waals surface area contributed by atoms with E-state index in [1.54, 1.807) is 31.7 Å². The first kappa shape index (κ1) is 22.5. The predicted molar refractivity (Wildman–Crippen MR) is 141 cm³/mol. The molecule has 0 saturated heterocycles. The maximum absolute atomic E-state index is 14.1. The molecule has 6 aromatic rings. The van der Waals surface area contributed by atoms with E-state index in [9.17, 15) is 9.18 Å². The summed E-state index contributed by atoms with van der Waals surface area (Å²) in [5.74, 6) is -0.378. The smallest absolute Gasteiger partial charge is 0.224 e.